The van der Waals surface area contributed by atoms with E-state index in [1.54, 1.807) is 0 Å². The van der Waals surface area contributed by atoms with Gasteiger partial charge in [-0.3, -0.25) is 4.79 Å². The fraction of sp³-hybridized carbons (Fsp3) is 0.500. The first kappa shape index (κ1) is 4.39. The molecule has 1 rings (SSSR count). The molecule has 1 nitrogen and oxygen atoms in total. The van der Waals surface area contributed by atoms with Crippen LogP contribution in [0, 0.1) is 17.8 Å². The minimum absolute atomic E-state index is 0.560. The van der Waals surface area contributed by atoms with Gasteiger partial charge in [0.05, 0.1) is 0 Å². The Morgan fingerprint density at radius 1 is 1.57 bits per heavy atom. The molecule has 0 aliphatic heterocycles. The molecule has 7 heavy (non-hydrogen) atoms. The number of hydrogen-bond acceptors (Lipinski definition) is 1. The van der Waals surface area contributed by atoms with Gasteiger partial charge in [0, 0.05) is 5.92 Å². The van der Waals surface area contributed by atoms with E-state index in [0.29, 0.717) is 12.2 Å². The maximum absolute atomic E-state index is 9.56. The number of rotatable bonds is 0. The van der Waals surface area contributed by atoms with Gasteiger partial charge >= 0.3 is 0 Å². The quantitative estimate of drug-likeness (QED) is 0.317. The van der Waals surface area contributed by atoms with Crippen molar-refractivity contribution in [2.45, 2.75) is 12.8 Å². The summed E-state index contributed by atoms with van der Waals surface area (Å²) in [6, 6.07) is 0. The third-order valence-corrected chi connectivity index (χ3v) is 0.924. The summed E-state index contributed by atoms with van der Waals surface area (Å²) in [7, 11) is 0. The lowest BCUT2D eigenvalue weighted by Gasteiger charge is -1.62. The van der Waals surface area contributed by atoms with E-state index in [2.05, 4.69) is 11.8 Å². The van der Waals surface area contributed by atoms with Gasteiger partial charge in [-0.1, -0.05) is 5.92 Å². The summed E-state index contributed by atoms with van der Waals surface area (Å²) < 4.78 is 0. The zero-order valence-corrected chi connectivity index (χ0v) is 3.98. The summed E-state index contributed by atoms with van der Waals surface area (Å²) in [6.07, 6.45) is 3.04. The Labute approximate surface area is 42.7 Å². The molecule has 1 aliphatic rings. The molecule has 1 fully saturated rings. The maximum Gasteiger partial charge on any atom is 0.192 e. The van der Waals surface area contributed by atoms with Crippen molar-refractivity contribution >= 4 is 6.29 Å². The van der Waals surface area contributed by atoms with Gasteiger partial charge in [0.2, 0.25) is 0 Å². The minimum Gasteiger partial charge on any atom is -0.289 e. The van der Waals surface area contributed by atoms with Crippen LogP contribution < -0.4 is 0 Å². The van der Waals surface area contributed by atoms with E-state index >= 15 is 0 Å². The van der Waals surface area contributed by atoms with Gasteiger partial charge in [-0.05, 0) is 18.8 Å². The minimum atomic E-state index is 0.560. The largest absolute Gasteiger partial charge is 0.289 e. The van der Waals surface area contributed by atoms with Gasteiger partial charge in [-0.25, -0.2) is 0 Å². The molecule has 0 aromatic carbocycles. The Balaban J connectivity index is 2.28. The van der Waals surface area contributed by atoms with Crippen molar-refractivity contribution in [2.24, 2.45) is 5.92 Å². The van der Waals surface area contributed by atoms with Crippen molar-refractivity contribution in [1.29, 1.82) is 0 Å². The van der Waals surface area contributed by atoms with Crippen LogP contribution in [0.15, 0.2) is 0 Å². The van der Waals surface area contributed by atoms with Crippen LogP contribution in [0.5, 0.6) is 0 Å². The monoisotopic (exact) mass is 94.0 g/mol. The van der Waals surface area contributed by atoms with Gasteiger partial charge in [0.25, 0.3) is 0 Å². The van der Waals surface area contributed by atoms with Gasteiger partial charge in [-0.15, -0.1) is 0 Å². The van der Waals surface area contributed by atoms with E-state index in [-0.39, 0.29) is 0 Å². The summed E-state index contributed by atoms with van der Waals surface area (Å²) in [6.45, 7) is 0. The maximum atomic E-state index is 9.56. The van der Waals surface area contributed by atoms with E-state index in [1.807, 2.05) is 0 Å². The van der Waals surface area contributed by atoms with Crippen LogP contribution in [-0.2, 0) is 4.79 Å². The van der Waals surface area contributed by atoms with Crippen molar-refractivity contribution in [3.8, 4) is 11.8 Å². The molecular formula is C6H6O. The van der Waals surface area contributed by atoms with E-state index in [9.17, 15) is 4.79 Å². The van der Waals surface area contributed by atoms with Crippen LogP contribution in [0.1, 0.15) is 12.8 Å². The Morgan fingerprint density at radius 2 is 2.29 bits per heavy atom. The van der Waals surface area contributed by atoms with Crippen LogP contribution in [0.25, 0.3) is 0 Å². The molecule has 0 N–H and O–H groups in total. The lowest BCUT2D eigenvalue weighted by molar-refractivity contribution is -0.103. The zero-order valence-electron chi connectivity index (χ0n) is 3.98. The van der Waals surface area contributed by atoms with Crippen molar-refractivity contribution in [3.05, 3.63) is 0 Å². The first-order valence-corrected chi connectivity index (χ1v) is 2.38. The van der Waals surface area contributed by atoms with Crippen LogP contribution in [0.4, 0.5) is 0 Å². The van der Waals surface area contributed by atoms with Gasteiger partial charge in [0.15, 0.2) is 6.29 Å². The van der Waals surface area contributed by atoms with Gasteiger partial charge in [0.1, 0.15) is 0 Å². The second-order valence-corrected chi connectivity index (χ2v) is 1.68. The summed E-state index contributed by atoms with van der Waals surface area (Å²) in [4.78, 5) is 9.56. The Hall–Kier alpha value is -0.770. The molecule has 36 valence electrons. The molecule has 0 heterocycles. The number of hydrogen-bond donors (Lipinski definition) is 0. The third-order valence-electron chi connectivity index (χ3n) is 0.924. The number of aldehydes is 1. The molecule has 0 spiro atoms. The summed E-state index contributed by atoms with van der Waals surface area (Å²) in [5.41, 5.74) is 0. The standard InChI is InChI=1S/C6H6O/c7-5-1-2-6-3-4-6/h5-6H,3-4H2. The highest BCUT2D eigenvalue weighted by Gasteiger charge is 2.17. The predicted octanol–water partition coefficient (Wildman–Crippen LogP) is 0.599. The second-order valence-electron chi connectivity index (χ2n) is 1.68. The molecule has 0 bridgehead atoms. The van der Waals surface area contributed by atoms with E-state index in [0.717, 1.165) is 0 Å². The Kier molecular flexibility index (Phi) is 1.12. The van der Waals surface area contributed by atoms with Crippen LogP contribution >= 0.6 is 0 Å². The molecule has 1 saturated carbocycles. The van der Waals surface area contributed by atoms with Crippen LogP contribution in [0.2, 0.25) is 0 Å². The Bertz CT molecular complexity index is 123. The number of carbonyl (C=O) groups is 1. The van der Waals surface area contributed by atoms with Crippen molar-refractivity contribution < 1.29 is 4.79 Å². The molecule has 0 radical (unpaired) electrons. The molecule has 0 amide bonds. The lowest BCUT2D eigenvalue weighted by Crippen LogP contribution is -1.63. The average Bonchev–Trinajstić information content (AvgIpc) is 2.42. The van der Waals surface area contributed by atoms with Gasteiger partial charge in [-0.2, -0.15) is 0 Å². The fourth-order valence-electron chi connectivity index (χ4n) is 0.380. The van der Waals surface area contributed by atoms with Crippen molar-refractivity contribution in [2.75, 3.05) is 0 Å². The van der Waals surface area contributed by atoms with E-state index in [1.165, 1.54) is 12.8 Å². The SMILES string of the molecule is O=CC#CC1CC1. The van der Waals surface area contributed by atoms with Gasteiger partial charge < -0.3 is 0 Å². The first-order chi connectivity index (χ1) is 3.43. The molecule has 0 atom stereocenters. The Morgan fingerprint density at radius 3 is 2.71 bits per heavy atom. The molecule has 0 saturated heterocycles. The summed E-state index contributed by atoms with van der Waals surface area (Å²) >= 11 is 0. The van der Waals surface area contributed by atoms with Crippen LogP contribution in [-0.4, -0.2) is 6.29 Å². The topological polar surface area (TPSA) is 17.1 Å². The highest BCUT2D eigenvalue weighted by atomic mass is 16.1. The second kappa shape index (κ2) is 1.79. The summed E-state index contributed by atoms with van der Waals surface area (Å²) in [5.74, 6) is 5.73. The first-order valence-electron chi connectivity index (χ1n) is 2.38. The molecule has 0 aromatic heterocycles. The molecule has 1 heteroatoms. The highest BCUT2D eigenvalue weighted by Crippen LogP contribution is 2.27. The van der Waals surface area contributed by atoms with E-state index in [4.69, 9.17) is 0 Å². The highest BCUT2D eigenvalue weighted by molar-refractivity contribution is 5.72. The van der Waals surface area contributed by atoms with E-state index < -0.39 is 0 Å². The van der Waals surface area contributed by atoms with Crippen molar-refractivity contribution in [1.82, 2.24) is 0 Å². The summed E-state index contributed by atoms with van der Waals surface area (Å²) in [5, 5.41) is 0. The van der Waals surface area contributed by atoms with Crippen molar-refractivity contribution in [3.63, 3.8) is 0 Å². The third kappa shape index (κ3) is 1.41. The molecular weight excluding hydrogens is 88.1 g/mol. The fourth-order valence-corrected chi connectivity index (χ4v) is 0.380. The predicted molar refractivity (Wildman–Crippen MR) is 26.6 cm³/mol. The normalized spacial score (nSPS) is 17.1. The lowest BCUT2D eigenvalue weighted by atomic mass is 10.4. The molecule has 1 aliphatic carbocycles. The average molecular weight is 94.1 g/mol. The molecule has 0 aromatic rings. The smallest absolute Gasteiger partial charge is 0.192 e. The molecule has 0 unspecified atom stereocenters. The number of carbonyl (C=O) groups excluding carboxylic acids is 1. The van der Waals surface area contributed by atoms with Crippen LogP contribution in [0.3, 0.4) is 0 Å². The zero-order chi connectivity index (χ0) is 5.11.